The number of carbonyl (C=O) groups excluding carboxylic acids is 1. The molecular weight excluding hydrogens is 235 g/mol. The second kappa shape index (κ2) is 7.98. The van der Waals surface area contributed by atoms with Crippen LogP contribution in [0.5, 0.6) is 5.75 Å². The van der Waals surface area contributed by atoms with E-state index in [0.717, 1.165) is 6.42 Å². The SMILES string of the molecule is CC(C)CC(C)(C)CC(=O)Oc1ccccc1.[Na]. The van der Waals surface area contributed by atoms with E-state index in [1.165, 1.54) is 0 Å². The van der Waals surface area contributed by atoms with Crippen LogP contribution in [0.25, 0.3) is 0 Å². The minimum atomic E-state index is -0.151. The molecule has 0 atom stereocenters. The largest absolute Gasteiger partial charge is 0.427 e. The van der Waals surface area contributed by atoms with E-state index in [4.69, 9.17) is 4.74 Å². The second-order valence-corrected chi connectivity index (χ2v) is 5.73. The van der Waals surface area contributed by atoms with Crippen LogP contribution in [0.4, 0.5) is 0 Å². The molecular formula is C15H22NaO2. The summed E-state index contributed by atoms with van der Waals surface area (Å²) >= 11 is 0. The van der Waals surface area contributed by atoms with Gasteiger partial charge in [0.05, 0.1) is 6.42 Å². The van der Waals surface area contributed by atoms with Crippen LogP contribution in [0, 0.1) is 11.3 Å². The predicted molar refractivity (Wildman–Crippen MR) is 75.7 cm³/mol. The number of carbonyl (C=O) groups is 1. The number of benzene rings is 1. The normalized spacial score (nSPS) is 10.9. The Morgan fingerprint density at radius 2 is 1.78 bits per heavy atom. The number of hydrogen-bond acceptors (Lipinski definition) is 2. The van der Waals surface area contributed by atoms with E-state index in [2.05, 4.69) is 27.7 Å². The predicted octanol–water partition coefficient (Wildman–Crippen LogP) is 3.67. The van der Waals surface area contributed by atoms with Gasteiger partial charge >= 0.3 is 5.97 Å². The molecule has 0 amide bonds. The van der Waals surface area contributed by atoms with E-state index in [1.807, 2.05) is 18.2 Å². The topological polar surface area (TPSA) is 26.3 Å². The molecule has 0 aliphatic rings. The molecule has 1 aromatic carbocycles. The standard InChI is InChI=1S/C15H22O2.Na/c1-12(2)10-15(3,4)11-14(16)17-13-8-6-5-7-9-13;/h5-9,12H,10-11H2,1-4H3;. The first-order valence-corrected chi connectivity index (χ1v) is 6.15. The van der Waals surface area contributed by atoms with Gasteiger partial charge in [0.25, 0.3) is 0 Å². The molecule has 0 aromatic heterocycles. The zero-order chi connectivity index (χ0) is 12.9. The van der Waals surface area contributed by atoms with Crippen LogP contribution < -0.4 is 4.74 Å². The van der Waals surface area contributed by atoms with Crippen LogP contribution in [-0.4, -0.2) is 35.5 Å². The summed E-state index contributed by atoms with van der Waals surface area (Å²) in [6, 6.07) is 9.23. The molecule has 95 valence electrons. The van der Waals surface area contributed by atoms with E-state index >= 15 is 0 Å². The summed E-state index contributed by atoms with van der Waals surface area (Å²) < 4.78 is 5.29. The van der Waals surface area contributed by atoms with Gasteiger partial charge in [0, 0.05) is 29.6 Å². The monoisotopic (exact) mass is 257 g/mol. The molecule has 1 aromatic rings. The molecule has 0 unspecified atom stereocenters. The smallest absolute Gasteiger partial charge is 0.311 e. The van der Waals surface area contributed by atoms with Crippen molar-refractivity contribution >= 4 is 35.5 Å². The Bertz CT molecular complexity index is 358. The van der Waals surface area contributed by atoms with Gasteiger partial charge in [0.2, 0.25) is 0 Å². The van der Waals surface area contributed by atoms with E-state index in [1.54, 1.807) is 12.1 Å². The summed E-state index contributed by atoms with van der Waals surface area (Å²) in [6.07, 6.45) is 1.48. The Balaban J connectivity index is 0.00000289. The van der Waals surface area contributed by atoms with Gasteiger partial charge in [-0.25, -0.2) is 0 Å². The zero-order valence-corrected chi connectivity index (χ0v) is 14.2. The third-order valence-corrected chi connectivity index (χ3v) is 2.56. The number of ether oxygens (including phenoxy) is 1. The van der Waals surface area contributed by atoms with Crippen molar-refractivity contribution in [3.8, 4) is 5.75 Å². The minimum Gasteiger partial charge on any atom is -0.427 e. The van der Waals surface area contributed by atoms with Gasteiger partial charge in [-0.2, -0.15) is 0 Å². The average molecular weight is 257 g/mol. The fourth-order valence-electron chi connectivity index (χ4n) is 2.22. The Hall–Kier alpha value is -0.310. The third-order valence-electron chi connectivity index (χ3n) is 2.56. The molecule has 0 fully saturated rings. The molecule has 18 heavy (non-hydrogen) atoms. The maximum atomic E-state index is 11.8. The average Bonchev–Trinajstić information content (AvgIpc) is 2.15. The molecule has 1 rings (SSSR count). The summed E-state index contributed by atoms with van der Waals surface area (Å²) in [5.41, 5.74) is 0.0000301. The number of rotatable bonds is 5. The van der Waals surface area contributed by atoms with Crippen molar-refractivity contribution in [1.29, 1.82) is 0 Å². The molecule has 0 saturated carbocycles. The van der Waals surface area contributed by atoms with Crippen LogP contribution in [0.3, 0.4) is 0 Å². The first kappa shape index (κ1) is 17.7. The molecule has 0 N–H and O–H groups in total. The molecule has 1 radical (unpaired) electrons. The second-order valence-electron chi connectivity index (χ2n) is 5.73. The first-order valence-electron chi connectivity index (χ1n) is 6.15. The molecule has 0 spiro atoms. The van der Waals surface area contributed by atoms with Crippen molar-refractivity contribution in [2.75, 3.05) is 0 Å². The molecule has 0 heterocycles. The Morgan fingerprint density at radius 3 is 2.28 bits per heavy atom. The van der Waals surface area contributed by atoms with Crippen LogP contribution >= 0.6 is 0 Å². The quantitative estimate of drug-likeness (QED) is 0.457. The fourth-order valence-corrected chi connectivity index (χ4v) is 2.22. The summed E-state index contributed by atoms with van der Waals surface area (Å²) in [5, 5.41) is 0. The summed E-state index contributed by atoms with van der Waals surface area (Å²) in [4.78, 5) is 11.8. The molecule has 2 nitrogen and oxygen atoms in total. The molecule has 3 heteroatoms. The van der Waals surface area contributed by atoms with E-state index in [-0.39, 0.29) is 40.9 Å². The zero-order valence-electron chi connectivity index (χ0n) is 12.2. The molecule has 0 aliphatic heterocycles. The minimum absolute atomic E-state index is 0. The van der Waals surface area contributed by atoms with Crippen LogP contribution in [0.15, 0.2) is 30.3 Å². The summed E-state index contributed by atoms with van der Waals surface area (Å²) in [7, 11) is 0. The van der Waals surface area contributed by atoms with Gasteiger partial charge in [0.15, 0.2) is 0 Å². The van der Waals surface area contributed by atoms with Crippen LogP contribution in [-0.2, 0) is 4.79 Å². The van der Waals surface area contributed by atoms with Gasteiger partial charge < -0.3 is 4.74 Å². The van der Waals surface area contributed by atoms with Gasteiger partial charge in [0.1, 0.15) is 5.75 Å². The van der Waals surface area contributed by atoms with Crippen molar-refractivity contribution in [3.63, 3.8) is 0 Å². The number of para-hydroxylation sites is 1. The van der Waals surface area contributed by atoms with Crippen molar-refractivity contribution in [2.45, 2.75) is 40.5 Å². The number of hydrogen-bond donors (Lipinski definition) is 0. The Morgan fingerprint density at radius 1 is 1.22 bits per heavy atom. The first-order chi connectivity index (χ1) is 7.89. The molecule has 0 saturated heterocycles. The van der Waals surface area contributed by atoms with E-state index in [0.29, 0.717) is 18.1 Å². The van der Waals surface area contributed by atoms with E-state index in [9.17, 15) is 4.79 Å². The molecule has 0 bridgehead atoms. The summed E-state index contributed by atoms with van der Waals surface area (Å²) in [6.45, 7) is 8.56. The van der Waals surface area contributed by atoms with Gasteiger partial charge in [-0.05, 0) is 29.9 Å². The summed E-state index contributed by atoms with van der Waals surface area (Å²) in [5.74, 6) is 1.06. The van der Waals surface area contributed by atoms with Crippen molar-refractivity contribution in [3.05, 3.63) is 30.3 Å². The van der Waals surface area contributed by atoms with Crippen molar-refractivity contribution < 1.29 is 9.53 Å². The van der Waals surface area contributed by atoms with Crippen molar-refractivity contribution in [1.82, 2.24) is 0 Å². The third kappa shape index (κ3) is 7.20. The Labute approximate surface area is 132 Å². The van der Waals surface area contributed by atoms with Crippen LogP contribution in [0.1, 0.15) is 40.5 Å². The maximum absolute atomic E-state index is 11.8. The van der Waals surface area contributed by atoms with Gasteiger partial charge in [-0.3, -0.25) is 4.79 Å². The molecule has 0 aliphatic carbocycles. The van der Waals surface area contributed by atoms with E-state index < -0.39 is 0 Å². The fraction of sp³-hybridized carbons (Fsp3) is 0.533. The maximum Gasteiger partial charge on any atom is 0.311 e. The van der Waals surface area contributed by atoms with Crippen LogP contribution in [0.2, 0.25) is 0 Å². The van der Waals surface area contributed by atoms with Gasteiger partial charge in [-0.1, -0.05) is 45.9 Å². The van der Waals surface area contributed by atoms with Crippen molar-refractivity contribution in [2.24, 2.45) is 11.3 Å². The van der Waals surface area contributed by atoms with Gasteiger partial charge in [-0.15, -0.1) is 0 Å². The Kier molecular flexibility index (Phi) is 7.84. The number of esters is 1.